The summed E-state index contributed by atoms with van der Waals surface area (Å²) in [5, 5.41) is 0. The number of hydrogen-bond acceptors (Lipinski definition) is 2. The lowest BCUT2D eigenvalue weighted by molar-refractivity contribution is 0.227. The summed E-state index contributed by atoms with van der Waals surface area (Å²) in [4.78, 5) is 5.99. The summed E-state index contributed by atoms with van der Waals surface area (Å²) in [5.74, 6) is 0.701. The third-order valence-corrected chi connectivity index (χ3v) is 5.97. The van der Waals surface area contributed by atoms with Crippen LogP contribution in [0.1, 0.15) is 50.1 Å². The maximum atomic E-state index is 6.00. The molecular weight excluding hydrogens is 214 g/mol. The lowest BCUT2D eigenvalue weighted by Crippen LogP contribution is -2.31. The Bertz CT molecular complexity index is 409. The number of aromatic nitrogens is 1. The van der Waals surface area contributed by atoms with Gasteiger partial charge in [-0.05, 0) is 18.3 Å². The van der Waals surface area contributed by atoms with Gasteiger partial charge >= 0.3 is 0 Å². The standard InChI is InChI=1S/C11H14ClNS/c1-10(2)6-4-5-11(10,3)8-7(6)14-9(12)13-8/h6H,4-5H2,1-3H3/t6-,11+/m0/s1. The van der Waals surface area contributed by atoms with Gasteiger partial charge in [0.25, 0.3) is 0 Å². The lowest BCUT2D eigenvalue weighted by atomic mass is 9.70. The van der Waals surface area contributed by atoms with Crippen molar-refractivity contribution in [3.63, 3.8) is 0 Å². The molecule has 1 nitrogen and oxygen atoms in total. The van der Waals surface area contributed by atoms with Crippen LogP contribution in [0, 0.1) is 5.41 Å². The summed E-state index contributed by atoms with van der Waals surface area (Å²) in [5.41, 5.74) is 1.95. The quantitative estimate of drug-likeness (QED) is 0.654. The largest absolute Gasteiger partial charge is 0.229 e. The van der Waals surface area contributed by atoms with Gasteiger partial charge in [-0.15, -0.1) is 11.3 Å². The summed E-state index contributed by atoms with van der Waals surface area (Å²) >= 11 is 7.69. The first-order chi connectivity index (χ1) is 6.47. The van der Waals surface area contributed by atoms with E-state index in [9.17, 15) is 0 Å². The van der Waals surface area contributed by atoms with Crippen molar-refractivity contribution in [1.82, 2.24) is 4.98 Å². The zero-order chi connectivity index (χ0) is 10.1. The maximum Gasteiger partial charge on any atom is 0.184 e. The molecule has 2 aliphatic rings. The fourth-order valence-electron chi connectivity index (χ4n) is 3.32. The molecule has 1 fully saturated rings. The van der Waals surface area contributed by atoms with E-state index >= 15 is 0 Å². The molecule has 0 aromatic carbocycles. The molecule has 3 rings (SSSR count). The third kappa shape index (κ3) is 0.772. The first kappa shape index (κ1) is 9.17. The topological polar surface area (TPSA) is 12.9 Å². The van der Waals surface area contributed by atoms with Gasteiger partial charge in [-0.1, -0.05) is 32.4 Å². The van der Waals surface area contributed by atoms with Crippen molar-refractivity contribution in [2.45, 2.75) is 44.9 Å². The molecule has 0 amide bonds. The summed E-state index contributed by atoms with van der Waals surface area (Å²) in [6.45, 7) is 7.12. The average molecular weight is 228 g/mol. The van der Waals surface area contributed by atoms with Crippen molar-refractivity contribution in [2.75, 3.05) is 0 Å². The number of halogens is 1. The molecule has 0 unspecified atom stereocenters. The normalized spacial score (nSPS) is 37.6. The summed E-state index contributed by atoms with van der Waals surface area (Å²) in [6, 6.07) is 0. The van der Waals surface area contributed by atoms with E-state index in [-0.39, 0.29) is 5.41 Å². The SMILES string of the molecule is CC1(C)[C@H]2CC[C@]1(C)c1nc(Cl)sc12. The van der Waals surface area contributed by atoms with Crippen molar-refractivity contribution in [2.24, 2.45) is 5.41 Å². The fraction of sp³-hybridized carbons (Fsp3) is 0.727. The van der Waals surface area contributed by atoms with Crippen molar-refractivity contribution in [3.05, 3.63) is 15.0 Å². The van der Waals surface area contributed by atoms with Crippen LogP contribution in [-0.4, -0.2) is 4.98 Å². The second-order valence-electron chi connectivity index (χ2n) is 5.32. The van der Waals surface area contributed by atoms with Crippen molar-refractivity contribution in [3.8, 4) is 0 Å². The van der Waals surface area contributed by atoms with Crippen LogP contribution in [0.15, 0.2) is 0 Å². The monoisotopic (exact) mass is 227 g/mol. The maximum absolute atomic E-state index is 6.00. The molecule has 0 saturated heterocycles. The average Bonchev–Trinajstić information content (AvgIpc) is 2.59. The number of hydrogen-bond donors (Lipinski definition) is 0. The smallest absolute Gasteiger partial charge is 0.184 e. The fourth-order valence-corrected chi connectivity index (χ4v) is 4.89. The highest BCUT2D eigenvalue weighted by Gasteiger charge is 2.61. The van der Waals surface area contributed by atoms with Gasteiger partial charge in [0.2, 0.25) is 0 Å². The van der Waals surface area contributed by atoms with E-state index in [1.807, 2.05) is 0 Å². The van der Waals surface area contributed by atoms with Crippen LogP contribution in [-0.2, 0) is 5.41 Å². The molecule has 14 heavy (non-hydrogen) atoms. The summed E-state index contributed by atoms with van der Waals surface area (Å²) in [6.07, 6.45) is 2.59. The molecule has 0 spiro atoms. The molecule has 76 valence electrons. The minimum atomic E-state index is 0.274. The first-order valence-electron chi connectivity index (χ1n) is 5.13. The van der Waals surface area contributed by atoms with Gasteiger partial charge in [0.15, 0.2) is 4.47 Å². The van der Waals surface area contributed by atoms with Gasteiger partial charge in [0.1, 0.15) is 0 Å². The molecule has 0 N–H and O–H groups in total. The molecule has 1 saturated carbocycles. The lowest BCUT2D eigenvalue weighted by Gasteiger charge is -2.34. The van der Waals surface area contributed by atoms with Crippen molar-refractivity contribution in [1.29, 1.82) is 0 Å². The second kappa shape index (κ2) is 2.35. The van der Waals surface area contributed by atoms with E-state index < -0.39 is 0 Å². The Morgan fingerprint density at radius 3 is 2.79 bits per heavy atom. The van der Waals surface area contributed by atoms with E-state index in [1.54, 1.807) is 11.3 Å². The molecule has 2 aliphatic carbocycles. The van der Waals surface area contributed by atoms with Gasteiger partial charge in [-0.3, -0.25) is 0 Å². The van der Waals surface area contributed by atoms with Crippen LogP contribution in [0.5, 0.6) is 0 Å². The van der Waals surface area contributed by atoms with E-state index in [1.165, 1.54) is 23.4 Å². The number of fused-ring (bicyclic) bond motifs is 5. The van der Waals surface area contributed by atoms with Crippen molar-refractivity contribution >= 4 is 22.9 Å². The van der Waals surface area contributed by atoms with Crippen LogP contribution in [0.25, 0.3) is 0 Å². The Hall–Kier alpha value is -0.0800. The Morgan fingerprint density at radius 2 is 2.14 bits per heavy atom. The van der Waals surface area contributed by atoms with Gasteiger partial charge in [-0.25, -0.2) is 4.98 Å². The first-order valence-corrected chi connectivity index (χ1v) is 6.33. The third-order valence-electron chi connectivity index (χ3n) is 4.69. The molecule has 0 radical (unpaired) electrons. The van der Waals surface area contributed by atoms with Crippen LogP contribution < -0.4 is 0 Å². The predicted octanol–water partition coefficient (Wildman–Crippen LogP) is 3.97. The molecule has 1 aromatic heterocycles. The second-order valence-corrected chi connectivity index (χ2v) is 6.94. The molecule has 0 aliphatic heterocycles. The Morgan fingerprint density at radius 1 is 1.43 bits per heavy atom. The molecule has 2 atom stereocenters. The van der Waals surface area contributed by atoms with Gasteiger partial charge in [0, 0.05) is 16.2 Å². The van der Waals surface area contributed by atoms with Crippen molar-refractivity contribution < 1.29 is 0 Å². The van der Waals surface area contributed by atoms with E-state index in [2.05, 4.69) is 25.8 Å². The van der Waals surface area contributed by atoms with Crippen LogP contribution in [0.2, 0.25) is 4.47 Å². The Labute approximate surface area is 93.5 Å². The van der Waals surface area contributed by atoms with Gasteiger partial charge < -0.3 is 0 Å². The van der Waals surface area contributed by atoms with Gasteiger partial charge in [0.05, 0.1) is 5.69 Å². The van der Waals surface area contributed by atoms with E-state index in [0.29, 0.717) is 11.3 Å². The number of thiazole rings is 1. The minimum Gasteiger partial charge on any atom is -0.229 e. The molecule has 1 heterocycles. The van der Waals surface area contributed by atoms with Crippen LogP contribution in [0.4, 0.5) is 0 Å². The molecule has 3 heteroatoms. The predicted molar refractivity (Wildman–Crippen MR) is 60.2 cm³/mol. The van der Waals surface area contributed by atoms with E-state index in [4.69, 9.17) is 11.6 Å². The highest BCUT2D eigenvalue weighted by atomic mass is 35.5. The summed E-state index contributed by atoms with van der Waals surface area (Å²) in [7, 11) is 0. The van der Waals surface area contributed by atoms with Gasteiger partial charge in [-0.2, -0.15) is 0 Å². The highest BCUT2D eigenvalue weighted by Crippen LogP contribution is 2.68. The highest BCUT2D eigenvalue weighted by molar-refractivity contribution is 7.16. The van der Waals surface area contributed by atoms with Crippen LogP contribution >= 0.6 is 22.9 Å². The zero-order valence-electron chi connectivity index (χ0n) is 8.72. The molecular formula is C11H14ClNS. The Kier molecular flexibility index (Phi) is 1.54. The zero-order valence-corrected chi connectivity index (χ0v) is 10.3. The van der Waals surface area contributed by atoms with Crippen LogP contribution in [0.3, 0.4) is 0 Å². The minimum absolute atomic E-state index is 0.274. The van der Waals surface area contributed by atoms with E-state index in [0.717, 1.165) is 4.47 Å². The molecule has 2 bridgehead atoms. The summed E-state index contributed by atoms with van der Waals surface area (Å²) < 4.78 is 0.726. The number of nitrogens with zero attached hydrogens (tertiary/aromatic N) is 1. The molecule has 1 aromatic rings. The number of rotatable bonds is 0. The Balaban J connectivity index is 2.28.